The summed E-state index contributed by atoms with van der Waals surface area (Å²) in [4.78, 5) is 23.1. The van der Waals surface area contributed by atoms with Gasteiger partial charge in [0.1, 0.15) is 10.8 Å². The number of piperazine rings is 1. The highest BCUT2D eigenvalue weighted by molar-refractivity contribution is 6.29. The zero-order chi connectivity index (χ0) is 20.1. The highest BCUT2D eigenvalue weighted by Gasteiger charge is 2.27. The molecule has 1 amide bonds. The van der Waals surface area contributed by atoms with E-state index in [1.54, 1.807) is 0 Å². The number of carbonyl (C=O) groups is 1. The van der Waals surface area contributed by atoms with Crippen molar-refractivity contribution in [1.29, 1.82) is 0 Å². The number of nitrogens with zero attached hydrogens (tertiary/aromatic N) is 4. The van der Waals surface area contributed by atoms with Gasteiger partial charge in [-0.15, -0.1) is 0 Å². The minimum Gasteiger partial charge on any atom is -0.444 e. The predicted octanol–water partition coefficient (Wildman–Crippen LogP) is 3.89. The van der Waals surface area contributed by atoms with Crippen molar-refractivity contribution in [2.75, 3.05) is 50.7 Å². The Morgan fingerprint density at radius 1 is 1.14 bits per heavy atom. The number of carbonyl (C=O) groups excluding carboxylic acids is 1. The van der Waals surface area contributed by atoms with Gasteiger partial charge in [0, 0.05) is 39.3 Å². The third kappa shape index (κ3) is 6.24. The molecule has 2 fully saturated rings. The lowest BCUT2D eigenvalue weighted by molar-refractivity contribution is 0.0177. The van der Waals surface area contributed by atoms with E-state index in [1.807, 2.05) is 44.0 Å². The van der Waals surface area contributed by atoms with Gasteiger partial charge in [-0.2, -0.15) is 0 Å². The first-order valence-corrected chi connectivity index (χ1v) is 10.7. The predicted molar refractivity (Wildman–Crippen MR) is 113 cm³/mol. The molecule has 0 aliphatic carbocycles. The molecule has 28 heavy (non-hydrogen) atoms. The van der Waals surface area contributed by atoms with E-state index >= 15 is 0 Å². The van der Waals surface area contributed by atoms with Gasteiger partial charge in [-0.25, -0.2) is 9.78 Å². The molecule has 1 aromatic heterocycles. The third-order valence-corrected chi connectivity index (χ3v) is 5.79. The van der Waals surface area contributed by atoms with E-state index < -0.39 is 5.60 Å². The molecule has 1 aromatic rings. The molecule has 0 aromatic carbocycles. The summed E-state index contributed by atoms with van der Waals surface area (Å²) in [5, 5.41) is 0.542. The smallest absolute Gasteiger partial charge is 0.410 e. The summed E-state index contributed by atoms with van der Waals surface area (Å²) in [5.74, 6) is 0.706. The Kier molecular flexibility index (Phi) is 7.05. The quantitative estimate of drug-likeness (QED) is 0.707. The van der Waals surface area contributed by atoms with Crippen molar-refractivity contribution in [1.82, 2.24) is 14.8 Å². The van der Waals surface area contributed by atoms with Gasteiger partial charge in [-0.05, 0) is 64.6 Å². The minimum absolute atomic E-state index is 0.168. The lowest BCUT2D eigenvalue weighted by Gasteiger charge is -2.37. The number of hydrogen-bond donors (Lipinski definition) is 0. The van der Waals surface area contributed by atoms with E-state index in [1.165, 1.54) is 6.42 Å². The maximum atomic E-state index is 12.2. The standard InChI is InChI=1S/C21H33ClN4O2/c1-21(2,3)28-20(27)26-10-7-17(8-11-26)6-9-24-12-14-25(15-13-24)18-4-5-19(22)23-16-18/h4-5,16-17H,6-15H2,1-3H3. The average molecular weight is 409 g/mol. The van der Waals surface area contributed by atoms with Gasteiger partial charge in [0.05, 0.1) is 11.9 Å². The Morgan fingerprint density at radius 2 is 1.82 bits per heavy atom. The number of halogens is 1. The van der Waals surface area contributed by atoms with Crippen LogP contribution in [0.4, 0.5) is 10.5 Å². The van der Waals surface area contributed by atoms with Crippen molar-refractivity contribution < 1.29 is 9.53 Å². The van der Waals surface area contributed by atoms with Crippen LogP contribution in [-0.2, 0) is 4.74 Å². The zero-order valence-corrected chi connectivity index (χ0v) is 18.1. The second-order valence-electron chi connectivity index (χ2n) is 8.87. The molecular weight excluding hydrogens is 376 g/mol. The van der Waals surface area contributed by atoms with Gasteiger partial charge in [0.25, 0.3) is 0 Å². The fourth-order valence-electron chi connectivity index (χ4n) is 3.88. The van der Waals surface area contributed by atoms with Crippen LogP contribution in [0.3, 0.4) is 0 Å². The number of likely N-dealkylation sites (tertiary alicyclic amines) is 1. The van der Waals surface area contributed by atoms with Crippen LogP contribution in [0, 0.1) is 5.92 Å². The zero-order valence-electron chi connectivity index (χ0n) is 17.4. The lowest BCUT2D eigenvalue weighted by atomic mass is 9.93. The number of piperidine rings is 1. The molecule has 3 rings (SSSR count). The van der Waals surface area contributed by atoms with E-state index in [9.17, 15) is 4.79 Å². The minimum atomic E-state index is -0.419. The number of pyridine rings is 1. The molecule has 6 nitrogen and oxygen atoms in total. The Morgan fingerprint density at radius 3 is 2.39 bits per heavy atom. The Bertz CT molecular complexity index is 631. The Labute approximate surface area is 173 Å². The van der Waals surface area contributed by atoms with Crippen molar-refractivity contribution in [3.05, 3.63) is 23.5 Å². The number of amides is 1. The average Bonchev–Trinajstić information content (AvgIpc) is 2.66. The molecule has 0 unspecified atom stereocenters. The Balaban J connectivity index is 1.34. The van der Waals surface area contributed by atoms with E-state index in [-0.39, 0.29) is 6.09 Å². The number of rotatable bonds is 4. The van der Waals surface area contributed by atoms with Crippen molar-refractivity contribution in [2.45, 2.75) is 45.6 Å². The first-order chi connectivity index (χ1) is 13.3. The van der Waals surface area contributed by atoms with E-state index in [4.69, 9.17) is 16.3 Å². The molecule has 3 heterocycles. The van der Waals surface area contributed by atoms with Crippen LogP contribution in [0.15, 0.2) is 18.3 Å². The topological polar surface area (TPSA) is 48.9 Å². The molecule has 156 valence electrons. The molecule has 0 bridgehead atoms. The second-order valence-corrected chi connectivity index (χ2v) is 9.25. The van der Waals surface area contributed by atoms with Gasteiger partial charge in [-0.3, -0.25) is 4.90 Å². The fraction of sp³-hybridized carbons (Fsp3) is 0.714. The lowest BCUT2D eigenvalue weighted by Crippen LogP contribution is -2.47. The largest absolute Gasteiger partial charge is 0.444 e. The number of hydrogen-bond acceptors (Lipinski definition) is 5. The summed E-state index contributed by atoms with van der Waals surface area (Å²) >= 11 is 5.88. The number of anilines is 1. The highest BCUT2D eigenvalue weighted by Crippen LogP contribution is 2.23. The molecule has 2 aliphatic heterocycles. The van der Waals surface area contributed by atoms with E-state index in [2.05, 4.69) is 14.8 Å². The van der Waals surface area contributed by atoms with Crippen LogP contribution in [-0.4, -0.2) is 72.3 Å². The van der Waals surface area contributed by atoms with Crippen LogP contribution in [0.25, 0.3) is 0 Å². The molecular formula is C21H33ClN4O2. The SMILES string of the molecule is CC(C)(C)OC(=O)N1CCC(CCN2CCN(c3ccc(Cl)nc3)CC2)CC1. The van der Waals surface area contributed by atoms with Gasteiger partial charge in [-0.1, -0.05) is 11.6 Å². The molecule has 2 saturated heterocycles. The van der Waals surface area contributed by atoms with Crippen LogP contribution >= 0.6 is 11.6 Å². The highest BCUT2D eigenvalue weighted by atomic mass is 35.5. The van der Waals surface area contributed by atoms with E-state index in [0.717, 1.165) is 64.3 Å². The summed E-state index contributed by atoms with van der Waals surface area (Å²) < 4.78 is 5.48. The Hall–Kier alpha value is -1.53. The fourth-order valence-corrected chi connectivity index (χ4v) is 3.99. The first-order valence-electron chi connectivity index (χ1n) is 10.4. The summed E-state index contributed by atoms with van der Waals surface area (Å²) in [5.41, 5.74) is 0.733. The molecule has 7 heteroatoms. The summed E-state index contributed by atoms with van der Waals surface area (Å²) in [6, 6.07) is 3.90. The normalized spacial score (nSPS) is 19.7. The molecule has 2 aliphatic rings. The van der Waals surface area contributed by atoms with Crippen LogP contribution in [0.2, 0.25) is 5.15 Å². The number of aromatic nitrogens is 1. The maximum absolute atomic E-state index is 12.2. The monoisotopic (exact) mass is 408 g/mol. The molecule has 0 radical (unpaired) electrons. The first kappa shape index (κ1) is 21.2. The molecule has 0 N–H and O–H groups in total. The molecule has 0 atom stereocenters. The van der Waals surface area contributed by atoms with Crippen molar-refractivity contribution in [3.8, 4) is 0 Å². The van der Waals surface area contributed by atoms with E-state index in [0.29, 0.717) is 11.1 Å². The number of ether oxygens (including phenoxy) is 1. The second kappa shape index (κ2) is 9.31. The summed E-state index contributed by atoms with van der Waals surface area (Å²) in [7, 11) is 0. The maximum Gasteiger partial charge on any atom is 0.410 e. The summed E-state index contributed by atoms with van der Waals surface area (Å²) in [6.45, 7) is 12.7. The molecule has 0 spiro atoms. The van der Waals surface area contributed by atoms with Crippen LogP contribution in [0.1, 0.15) is 40.0 Å². The van der Waals surface area contributed by atoms with Crippen LogP contribution < -0.4 is 4.90 Å². The van der Waals surface area contributed by atoms with Crippen molar-refractivity contribution in [2.24, 2.45) is 5.92 Å². The van der Waals surface area contributed by atoms with Gasteiger partial charge < -0.3 is 14.5 Å². The molecule has 0 saturated carbocycles. The van der Waals surface area contributed by atoms with Crippen LogP contribution in [0.5, 0.6) is 0 Å². The summed E-state index contributed by atoms with van der Waals surface area (Å²) in [6.07, 6.45) is 5.06. The van der Waals surface area contributed by atoms with Gasteiger partial charge >= 0.3 is 6.09 Å². The van der Waals surface area contributed by atoms with Gasteiger partial charge in [0.2, 0.25) is 0 Å². The van der Waals surface area contributed by atoms with Crippen molar-refractivity contribution in [3.63, 3.8) is 0 Å². The van der Waals surface area contributed by atoms with Gasteiger partial charge in [0.15, 0.2) is 0 Å². The van der Waals surface area contributed by atoms with Crippen molar-refractivity contribution >= 4 is 23.4 Å². The third-order valence-electron chi connectivity index (χ3n) is 5.57.